The Morgan fingerprint density at radius 1 is 1.04 bits per heavy atom. The lowest BCUT2D eigenvalue weighted by atomic mass is 10.0. The lowest BCUT2D eigenvalue weighted by Crippen LogP contribution is -2.43. The summed E-state index contributed by atoms with van der Waals surface area (Å²) in [5.74, 6) is 1.49. The van der Waals surface area contributed by atoms with Gasteiger partial charge in [0.25, 0.3) is 5.91 Å². The third kappa shape index (κ3) is 4.24. The van der Waals surface area contributed by atoms with Crippen LogP contribution in [0, 0.1) is 0 Å². The van der Waals surface area contributed by atoms with Crippen LogP contribution in [0.3, 0.4) is 0 Å². The van der Waals surface area contributed by atoms with E-state index in [2.05, 4.69) is 19.2 Å². The highest BCUT2D eigenvalue weighted by Crippen LogP contribution is 2.37. The zero-order valence-electron chi connectivity index (χ0n) is 17.0. The van der Waals surface area contributed by atoms with Gasteiger partial charge in [0.15, 0.2) is 11.5 Å². The molecule has 5 heteroatoms. The Morgan fingerprint density at radius 2 is 1.82 bits per heavy atom. The minimum absolute atomic E-state index is 0.0649. The molecule has 5 nitrogen and oxygen atoms in total. The van der Waals surface area contributed by atoms with Gasteiger partial charge in [-0.1, -0.05) is 44.9 Å². The summed E-state index contributed by atoms with van der Waals surface area (Å²) in [6.07, 6.45) is 3.85. The van der Waals surface area contributed by atoms with E-state index in [0.717, 1.165) is 48.2 Å². The molecule has 0 aromatic heterocycles. The van der Waals surface area contributed by atoms with Crippen molar-refractivity contribution in [1.82, 2.24) is 4.90 Å². The molecule has 1 amide bonds. The van der Waals surface area contributed by atoms with Crippen LogP contribution in [0.4, 0.5) is 5.69 Å². The first-order valence-electron chi connectivity index (χ1n) is 10.2. The van der Waals surface area contributed by atoms with Crippen molar-refractivity contribution >= 4 is 11.6 Å². The first kappa shape index (κ1) is 20.1. The molecular formula is C23H30N2O3. The van der Waals surface area contributed by atoms with Crippen molar-refractivity contribution in [1.29, 1.82) is 0 Å². The molecule has 1 heterocycles. The van der Waals surface area contributed by atoms with Gasteiger partial charge in [-0.2, -0.15) is 0 Å². The molecule has 0 radical (unpaired) electrons. The highest BCUT2D eigenvalue weighted by atomic mass is 16.5. The molecule has 2 aromatic rings. The van der Waals surface area contributed by atoms with Crippen LogP contribution in [0.5, 0.6) is 11.5 Å². The number of fused-ring (bicyclic) bond motifs is 1. The van der Waals surface area contributed by atoms with Crippen molar-refractivity contribution < 1.29 is 14.3 Å². The van der Waals surface area contributed by atoms with Gasteiger partial charge in [-0.05, 0) is 42.7 Å². The third-order valence-electron chi connectivity index (χ3n) is 5.03. The number of benzene rings is 2. The largest absolute Gasteiger partial charge is 0.493 e. The first-order valence-corrected chi connectivity index (χ1v) is 10.2. The van der Waals surface area contributed by atoms with Crippen molar-refractivity contribution in [2.75, 3.05) is 25.6 Å². The Kier molecular flexibility index (Phi) is 6.80. The normalized spacial score (nSPS) is 15.8. The molecule has 1 aliphatic rings. The first-order chi connectivity index (χ1) is 13.7. The van der Waals surface area contributed by atoms with E-state index in [4.69, 9.17) is 9.47 Å². The Hall–Kier alpha value is -2.69. The standard InChI is InChI=1S/C23H30N2O3/c1-4-6-14-25-22(24-19-11-9-8-10-18(19)23(25)26)17-12-13-20(21(16-17)27-3)28-15-7-5-2/h8-13,16,22,24H,4-7,14-15H2,1-3H3. The molecule has 1 aliphatic heterocycles. The van der Waals surface area contributed by atoms with E-state index in [9.17, 15) is 4.79 Å². The van der Waals surface area contributed by atoms with Gasteiger partial charge in [0, 0.05) is 12.2 Å². The van der Waals surface area contributed by atoms with E-state index in [1.54, 1.807) is 7.11 Å². The molecule has 1 atom stereocenters. The van der Waals surface area contributed by atoms with E-state index in [1.165, 1.54) is 0 Å². The number of hydrogen-bond donors (Lipinski definition) is 1. The van der Waals surface area contributed by atoms with Gasteiger partial charge in [0.1, 0.15) is 6.17 Å². The molecule has 0 bridgehead atoms. The average molecular weight is 383 g/mol. The maximum Gasteiger partial charge on any atom is 0.257 e. The fraction of sp³-hybridized carbons (Fsp3) is 0.435. The summed E-state index contributed by atoms with van der Waals surface area (Å²) in [6, 6.07) is 13.6. The molecule has 0 fully saturated rings. The van der Waals surface area contributed by atoms with Gasteiger partial charge >= 0.3 is 0 Å². The van der Waals surface area contributed by atoms with Gasteiger partial charge in [-0.25, -0.2) is 0 Å². The smallest absolute Gasteiger partial charge is 0.257 e. The van der Waals surface area contributed by atoms with Crippen molar-refractivity contribution in [3.8, 4) is 11.5 Å². The van der Waals surface area contributed by atoms with Crippen LogP contribution < -0.4 is 14.8 Å². The number of hydrogen-bond acceptors (Lipinski definition) is 4. The number of anilines is 1. The van der Waals surface area contributed by atoms with Gasteiger partial charge in [-0.15, -0.1) is 0 Å². The summed E-state index contributed by atoms with van der Waals surface area (Å²) in [5.41, 5.74) is 2.58. The number of nitrogens with zero attached hydrogens (tertiary/aromatic N) is 1. The Morgan fingerprint density at radius 3 is 2.57 bits per heavy atom. The monoisotopic (exact) mass is 382 g/mol. The van der Waals surface area contributed by atoms with Gasteiger partial charge in [-0.3, -0.25) is 4.79 Å². The number of ether oxygens (including phenoxy) is 2. The van der Waals surface area contributed by atoms with Gasteiger partial charge in [0.2, 0.25) is 0 Å². The fourth-order valence-electron chi connectivity index (χ4n) is 3.42. The van der Waals surface area contributed by atoms with Gasteiger partial charge < -0.3 is 19.7 Å². The van der Waals surface area contributed by atoms with Crippen LogP contribution in [0.15, 0.2) is 42.5 Å². The molecule has 0 spiro atoms. The molecule has 3 rings (SSSR count). The molecule has 0 aliphatic carbocycles. The van der Waals surface area contributed by atoms with Crippen LogP contribution in [-0.4, -0.2) is 31.1 Å². The number of unbranched alkanes of at least 4 members (excludes halogenated alkanes) is 2. The number of rotatable bonds is 9. The molecule has 28 heavy (non-hydrogen) atoms. The second-order valence-corrected chi connectivity index (χ2v) is 7.06. The third-order valence-corrected chi connectivity index (χ3v) is 5.03. The summed E-state index contributed by atoms with van der Waals surface area (Å²) in [7, 11) is 1.65. The molecular weight excluding hydrogens is 352 g/mol. The topological polar surface area (TPSA) is 50.8 Å². The zero-order chi connectivity index (χ0) is 19.9. The minimum atomic E-state index is -0.229. The summed E-state index contributed by atoms with van der Waals surface area (Å²) < 4.78 is 11.4. The number of methoxy groups -OCH3 is 1. The summed E-state index contributed by atoms with van der Waals surface area (Å²) in [5, 5.41) is 3.53. The molecule has 2 aromatic carbocycles. The molecule has 1 unspecified atom stereocenters. The van der Waals surface area contributed by atoms with E-state index in [0.29, 0.717) is 18.9 Å². The lowest BCUT2D eigenvalue weighted by Gasteiger charge is -2.38. The zero-order valence-corrected chi connectivity index (χ0v) is 17.0. The SMILES string of the molecule is CCCCOc1ccc(C2Nc3ccccc3C(=O)N2CCCC)cc1OC. The summed E-state index contributed by atoms with van der Waals surface area (Å²) >= 11 is 0. The van der Waals surface area contributed by atoms with Crippen molar-refractivity contribution in [3.63, 3.8) is 0 Å². The summed E-state index contributed by atoms with van der Waals surface area (Å²) in [6.45, 7) is 5.65. The highest BCUT2D eigenvalue weighted by Gasteiger charge is 2.32. The van der Waals surface area contributed by atoms with Crippen molar-refractivity contribution in [2.24, 2.45) is 0 Å². The number of nitrogens with one attached hydrogen (secondary N) is 1. The van der Waals surface area contributed by atoms with Gasteiger partial charge in [0.05, 0.1) is 19.3 Å². The van der Waals surface area contributed by atoms with E-state index >= 15 is 0 Å². The molecule has 150 valence electrons. The van der Waals surface area contributed by atoms with Crippen molar-refractivity contribution in [3.05, 3.63) is 53.6 Å². The Balaban J connectivity index is 1.92. The van der Waals surface area contributed by atoms with Crippen LogP contribution >= 0.6 is 0 Å². The van der Waals surface area contributed by atoms with Crippen LogP contribution in [-0.2, 0) is 0 Å². The predicted octanol–water partition coefficient (Wildman–Crippen LogP) is 5.24. The van der Waals surface area contributed by atoms with Crippen LogP contribution in [0.1, 0.15) is 61.6 Å². The second kappa shape index (κ2) is 9.49. The molecule has 0 saturated heterocycles. The fourth-order valence-corrected chi connectivity index (χ4v) is 3.42. The highest BCUT2D eigenvalue weighted by molar-refractivity contribution is 6.01. The lowest BCUT2D eigenvalue weighted by molar-refractivity contribution is 0.0680. The van der Waals surface area contributed by atoms with E-state index < -0.39 is 0 Å². The van der Waals surface area contributed by atoms with E-state index in [-0.39, 0.29) is 12.1 Å². The molecule has 0 saturated carbocycles. The number of amides is 1. The van der Waals surface area contributed by atoms with Crippen molar-refractivity contribution in [2.45, 2.75) is 45.7 Å². The van der Waals surface area contributed by atoms with Crippen LogP contribution in [0.25, 0.3) is 0 Å². The maximum atomic E-state index is 13.1. The Bertz CT molecular complexity index is 806. The maximum absolute atomic E-state index is 13.1. The number of carbonyl (C=O) groups excluding carboxylic acids is 1. The quantitative estimate of drug-likeness (QED) is 0.603. The van der Waals surface area contributed by atoms with E-state index in [1.807, 2.05) is 47.4 Å². The average Bonchev–Trinajstić information content (AvgIpc) is 2.73. The summed E-state index contributed by atoms with van der Waals surface area (Å²) in [4.78, 5) is 15.0. The number of carbonyl (C=O) groups is 1. The predicted molar refractivity (Wildman–Crippen MR) is 112 cm³/mol. The Labute approximate surface area is 167 Å². The second-order valence-electron chi connectivity index (χ2n) is 7.06. The molecule has 1 N–H and O–H groups in total. The van der Waals surface area contributed by atoms with Crippen LogP contribution in [0.2, 0.25) is 0 Å². The minimum Gasteiger partial charge on any atom is -0.493 e. The number of para-hydroxylation sites is 1.